The number of benzene rings is 2. The molecule has 0 saturated carbocycles. The fourth-order valence-corrected chi connectivity index (χ4v) is 3.09. The number of carbonyl (C=O) groups is 2. The Balaban J connectivity index is 1.63. The van der Waals surface area contributed by atoms with Gasteiger partial charge in [0.15, 0.2) is 0 Å². The summed E-state index contributed by atoms with van der Waals surface area (Å²) in [5.74, 6) is -0.322. The number of halogens is 1. The van der Waals surface area contributed by atoms with E-state index in [2.05, 4.69) is 15.6 Å². The zero-order chi connectivity index (χ0) is 21.8. The summed E-state index contributed by atoms with van der Waals surface area (Å²) in [6.07, 6.45) is 3.00. The molecule has 0 radical (unpaired) electrons. The average molecular weight is 415 g/mol. The molecule has 4 aromatic rings. The number of carbonyl (C=O) groups excluding carboxylic acids is 2. The fourth-order valence-electron chi connectivity index (χ4n) is 3.09. The molecule has 0 unspecified atom stereocenters. The fraction of sp³-hybridized carbons (Fsp3) is 0.0417. The first kappa shape index (κ1) is 20.0. The second kappa shape index (κ2) is 8.62. The third-order valence-corrected chi connectivity index (χ3v) is 4.52. The van der Waals surface area contributed by atoms with E-state index in [1.807, 2.05) is 0 Å². The number of nitrogens with one attached hydrogen (secondary N) is 2. The van der Waals surface area contributed by atoms with Gasteiger partial charge in [-0.05, 0) is 66.7 Å². The van der Waals surface area contributed by atoms with Gasteiger partial charge in [0.05, 0.1) is 17.5 Å². The van der Waals surface area contributed by atoms with Crippen LogP contribution in [0.25, 0.3) is 22.6 Å². The molecule has 0 spiro atoms. The molecule has 2 N–H and O–H groups in total. The molecular weight excluding hydrogens is 397 g/mol. The number of furan rings is 1. The SMILES string of the molecule is CC(=O)Nc1ccc(NC(=O)c2cnc(-c3ccc(F)cc3)c(-c3ccco3)c2)cc1. The van der Waals surface area contributed by atoms with Crippen LogP contribution < -0.4 is 10.6 Å². The molecule has 0 aliphatic rings. The molecule has 2 aromatic carbocycles. The van der Waals surface area contributed by atoms with Crippen LogP contribution in [0.1, 0.15) is 17.3 Å². The minimum Gasteiger partial charge on any atom is -0.464 e. The highest BCUT2D eigenvalue weighted by Crippen LogP contribution is 2.31. The van der Waals surface area contributed by atoms with Gasteiger partial charge >= 0.3 is 0 Å². The van der Waals surface area contributed by atoms with Gasteiger partial charge in [-0.3, -0.25) is 14.6 Å². The molecular formula is C24H18FN3O3. The van der Waals surface area contributed by atoms with Crippen LogP contribution >= 0.6 is 0 Å². The van der Waals surface area contributed by atoms with Crippen LogP contribution in [0.4, 0.5) is 15.8 Å². The molecule has 7 heteroatoms. The molecule has 2 aromatic heterocycles. The molecule has 31 heavy (non-hydrogen) atoms. The molecule has 154 valence electrons. The van der Waals surface area contributed by atoms with E-state index in [-0.39, 0.29) is 17.6 Å². The third-order valence-electron chi connectivity index (χ3n) is 4.52. The van der Waals surface area contributed by atoms with Crippen LogP contribution in [0.2, 0.25) is 0 Å². The van der Waals surface area contributed by atoms with Crippen molar-refractivity contribution in [3.05, 3.63) is 90.6 Å². The average Bonchev–Trinajstić information content (AvgIpc) is 3.30. The Kier molecular flexibility index (Phi) is 5.57. The van der Waals surface area contributed by atoms with Gasteiger partial charge in [0.2, 0.25) is 5.91 Å². The van der Waals surface area contributed by atoms with Crippen molar-refractivity contribution in [2.45, 2.75) is 6.92 Å². The van der Waals surface area contributed by atoms with Gasteiger partial charge in [-0.2, -0.15) is 0 Å². The van der Waals surface area contributed by atoms with Crippen molar-refractivity contribution in [3.8, 4) is 22.6 Å². The van der Waals surface area contributed by atoms with Crippen LogP contribution in [0.3, 0.4) is 0 Å². The lowest BCUT2D eigenvalue weighted by molar-refractivity contribution is -0.114. The van der Waals surface area contributed by atoms with E-state index in [4.69, 9.17) is 4.42 Å². The number of amides is 2. The van der Waals surface area contributed by atoms with Gasteiger partial charge in [0.25, 0.3) is 5.91 Å². The number of rotatable bonds is 5. The van der Waals surface area contributed by atoms with Gasteiger partial charge in [-0.1, -0.05) is 0 Å². The summed E-state index contributed by atoms with van der Waals surface area (Å²) >= 11 is 0. The van der Waals surface area contributed by atoms with Gasteiger partial charge in [0.1, 0.15) is 11.6 Å². The Morgan fingerprint density at radius 2 is 1.61 bits per heavy atom. The van der Waals surface area contributed by atoms with E-state index in [0.29, 0.717) is 39.5 Å². The van der Waals surface area contributed by atoms with Crippen LogP contribution in [0.5, 0.6) is 0 Å². The maximum atomic E-state index is 13.3. The van der Waals surface area contributed by atoms with Crippen molar-refractivity contribution in [1.82, 2.24) is 4.98 Å². The number of hydrogen-bond donors (Lipinski definition) is 2. The molecule has 0 fully saturated rings. The van der Waals surface area contributed by atoms with E-state index in [1.165, 1.54) is 31.5 Å². The Labute approximate surface area is 177 Å². The second-order valence-electron chi connectivity index (χ2n) is 6.82. The smallest absolute Gasteiger partial charge is 0.257 e. The summed E-state index contributed by atoms with van der Waals surface area (Å²) in [6, 6.07) is 17.9. The minimum absolute atomic E-state index is 0.172. The molecule has 0 bridgehead atoms. The van der Waals surface area contributed by atoms with E-state index in [9.17, 15) is 14.0 Å². The highest BCUT2D eigenvalue weighted by atomic mass is 19.1. The number of hydrogen-bond acceptors (Lipinski definition) is 4. The third kappa shape index (κ3) is 4.67. The van der Waals surface area contributed by atoms with Crippen molar-refractivity contribution in [2.75, 3.05) is 10.6 Å². The lowest BCUT2D eigenvalue weighted by Gasteiger charge is -2.11. The van der Waals surface area contributed by atoms with Crippen molar-refractivity contribution in [1.29, 1.82) is 0 Å². The van der Waals surface area contributed by atoms with Gasteiger partial charge in [0, 0.05) is 35.6 Å². The number of anilines is 2. The predicted octanol–water partition coefficient (Wildman–Crippen LogP) is 5.36. The first-order valence-corrected chi connectivity index (χ1v) is 9.48. The van der Waals surface area contributed by atoms with Crippen LogP contribution in [-0.2, 0) is 4.79 Å². The highest BCUT2D eigenvalue weighted by molar-refractivity contribution is 6.05. The Bertz CT molecular complexity index is 1220. The monoisotopic (exact) mass is 415 g/mol. The van der Waals surface area contributed by atoms with Crippen LogP contribution in [0, 0.1) is 5.82 Å². The largest absolute Gasteiger partial charge is 0.464 e. The number of pyridine rings is 1. The summed E-state index contributed by atoms with van der Waals surface area (Å²) in [6.45, 7) is 1.43. The van der Waals surface area contributed by atoms with Crippen molar-refractivity contribution in [2.24, 2.45) is 0 Å². The summed E-state index contributed by atoms with van der Waals surface area (Å²) in [5.41, 5.74) is 3.44. The van der Waals surface area contributed by atoms with Gasteiger partial charge < -0.3 is 15.1 Å². The lowest BCUT2D eigenvalue weighted by atomic mass is 10.0. The molecule has 0 aliphatic heterocycles. The summed E-state index contributed by atoms with van der Waals surface area (Å²) in [5, 5.41) is 5.48. The predicted molar refractivity (Wildman–Crippen MR) is 116 cm³/mol. The van der Waals surface area contributed by atoms with Crippen molar-refractivity contribution in [3.63, 3.8) is 0 Å². The summed E-state index contributed by atoms with van der Waals surface area (Å²) in [4.78, 5) is 28.4. The molecule has 2 amide bonds. The summed E-state index contributed by atoms with van der Waals surface area (Å²) in [7, 11) is 0. The maximum Gasteiger partial charge on any atom is 0.257 e. The van der Waals surface area contributed by atoms with E-state index >= 15 is 0 Å². The van der Waals surface area contributed by atoms with Crippen LogP contribution in [-0.4, -0.2) is 16.8 Å². The topological polar surface area (TPSA) is 84.2 Å². The van der Waals surface area contributed by atoms with E-state index < -0.39 is 0 Å². The Morgan fingerprint density at radius 1 is 0.935 bits per heavy atom. The summed E-state index contributed by atoms with van der Waals surface area (Å²) < 4.78 is 18.9. The zero-order valence-corrected chi connectivity index (χ0v) is 16.6. The first-order chi connectivity index (χ1) is 15.0. The zero-order valence-electron chi connectivity index (χ0n) is 16.6. The molecule has 0 saturated heterocycles. The maximum absolute atomic E-state index is 13.3. The number of aromatic nitrogens is 1. The second-order valence-corrected chi connectivity index (χ2v) is 6.82. The first-order valence-electron chi connectivity index (χ1n) is 9.48. The van der Waals surface area contributed by atoms with E-state index in [0.717, 1.165) is 0 Å². The van der Waals surface area contributed by atoms with Gasteiger partial charge in [-0.15, -0.1) is 0 Å². The van der Waals surface area contributed by atoms with E-state index in [1.54, 1.807) is 54.6 Å². The van der Waals surface area contributed by atoms with Crippen LogP contribution in [0.15, 0.2) is 83.6 Å². The highest BCUT2D eigenvalue weighted by Gasteiger charge is 2.16. The molecule has 0 aliphatic carbocycles. The van der Waals surface area contributed by atoms with Crippen molar-refractivity contribution >= 4 is 23.2 Å². The normalized spacial score (nSPS) is 10.5. The molecule has 2 heterocycles. The Morgan fingerprint density at radius 3 is 2.23 bits per heavy atom. The van der Waals surface area contributed by atoms with Crippen molar-refractivity contribution < 1.29 is 18.4 Å². The van der Waals surface area contributed by atoms with Gasteiger partial charge in [-0.25, -0.2) is 4.39 Å². The lowest BCUT2D eigenvalue weighted by Crippen LogP contribution is -2.13. The Hall–Kier alpha value is -4.26. The minimum atomic E-state index is -0.349. The standard InChI is InChI=1S/C24H18FN3O3/c1-15(29)27-19-8-10-20(11-9-19)28-24(30)17-13-21(22-3-2-12-31-22)23(26-14-17)16-4-6-18(25)7-5-16/h2-14H,1H3,(H,27,29)(H,28,30). The quantitative estimate of drug-likeness (QED) is 0.460. The molecule has 0 atom stereocenters. The number of nitrogens with zero attached hydrogens (tertiary/aromatic N) is 1. The molecule has 4 rings (SSSR count). The molecule has 6 nitrogen and oxygen atoms in total.